The van der Waals surface area contributed by atoms with E-state index in [2.05, 4.69) is 0 Å². The number of hydrogen-bond donors (Lipinski definition) is 0. The number of nitrogens with zero attached hydrogens (tertiary/aromatic N) is 1. The molecule has 0 unspecified atom stereocenters. The zero-order valence-corrected chi connectivity index (χ0v) is 18.1. The van der Waals surface area contributed by atoms with Crippen molar-refractivity contribution in [3.63, 3.8) is 0 Å². The first kappa shape index (κ1) is 19.4. The van der Waals surface area contributed by atoms with Gasteiger partial charge in [0.25, 0.3) is 0 Å². The van der Waals surface area contributed by atoms with Crippen molar-refractivity contribution in [3.8, 4) is 0 Å². The first-order valence-electron chi connectivity index (χ1n) is 7.38. The molecule has 3 aliphatic rings. The summed E-state index contributed by atoms with van der Waals surface area (Å²) in [7, 11) is 0. The Labute approximate surface area is 184 Å². The molecule has 1 aliphatic heterocycles. The molecular weight excluding hydrogens is 486 g/mol. The third-order valence-electron chi connectivity index (χ3n) is 5.32. The quantitative estimate of drug-likeness (QED) is 0.377. The predicted molar refractivity (Wildman–Crippen MR) is 106 cm³/mol. The highest BCUT2D eigenvalue weighted by Crippen LogP contribution is 2.77. The third kappa shape index (κ3) is 1.87. The molecule has 3 nitrogen and oxygen atoms in total. The summed E-state index contributed by atoms with van der Waals surface area (Å²) in [4.78, 5) is 23.8. The SMILES string of the molecule is Cc1ccc(Cl)cc1N1C(=O)[C@@H]2[C@@H](C1=O)[C@]1(Cl)C(Cl)=C(Cl)[C@]2(Cl)C1(Cl)Cl. The van der Waals surface area contributed by atoms with Gasteiger partial charge in [-0.3, -0.25) is 9.59 Å². The summed E-state index contributed by atoms with van der Waals surface area (Å²) in [5, 5.41) is 0.131. The monoisotopic (exact) mass is 491 g/mol. The minimum Gasteiger partial charge on any atom is -0.274 e. The van der Waals surface area contributed by atoms with Crippen LogP contribution in [0.2, 0.25) is 5.02 Å². The Morgan fingerprint density at radius 2 is 1.35 bits per heavy atom. The van der Waals surface area contributed by atoms with Crippen molar-refractivity contribution in [1.82, 2.24) is 0 Å². The maximum Gasteiger partial charge on any atom is 0.240 e. The lowest BCUT2D eigenvalue weighted by atomic mass is 9.84. The van der Waals surface area contributed by atoms with Crippen LogP contribution in [0, 0.1) is 18.8 Å². The Bertz CT molecular complexity index is 883. The van der Waals surface area contributed by atoms with Crippen molar-refractivity contribution in [3.05, 3.63) is 38.8 Å². The highest BCUT2D eigenvalue weighted by molar-refractivity contribution is 6.67. The summed E-state index contributed by atoms with van der Waals surface area (Å²) in [5.41, 5.74) is 1.01. The molecule has 1 saturated heterocycles. The number of carbonyl (C=O) groups excluding carboxylic acids is 2. The topological polar surface area (TPSA) is 37.4 Å². The van der Waals surface area contributed by atoms with Gasteiger partial charge in [-0.1, -0.05) is 64.1 Å². The van der Waals surface area contributed by atoms with Crippen LogP contribution in [0.15, 0.2) is 28.3 Å². The molecule has 138 valence electrons. The van der Waals surface area contributed by atoms with E-state index < -0.39 is 37.7 Å². The van der Waals surface area contributed by atoms with Crippen LogP contribution in [0.25, 0.3) is 0 Å². The van der Waals surface area contributed by atoms with E-state index in [-0.39, 0.29) is 10.1 Å². The lowest BCUT2D eigenvalue weighted by Gasteiger charge is -2.34. The van der Waals surface area contributed by atoms with Crippen LogP contribution in [0.3, 0.4) is 0 Å². The third-order valence-corrected chi connectivity index (χ3v) is 9.81. The molecule has 1 aromatic rings. The highest BCUT2D eigenvalue weighted by Gasteiger charge is 2.87. The number of aryl methyl sites for hydroxylation is 1. The van der Waals surface area contributed by atoms with E-state index in [1.807, 2.05) is 0 Å². The maximum absolute atomic E-state index is 13.2. The second kappa shape index (κ2) is 5.60. The molecule has 4 atom stereocenters. The first-order chi connectivity index (χ1) is 11.9. The molecule has 0 N–H and O–H groups in total. The van der Waals surface area contributed by atoms with Crippen molar-refractivity contribution in [2.24, 2.45) is 11.8 Å². The molecule has 0 aromatic heterocycles. The minimum absolute atomic E-state index is 0.118. The van der Waals surface area contributed by atoms with Crippen LogP contribution >= 0.6 is 81.2 Å². The van der Waals surface area contributed by atoms with Crippen LogP contribution < -0.4 is 4.90 Å². The van der Waals surface area contributed by atoms with E-state index in [1.165, 1.54) is 6.07 Å². The van der Waals surface area contributed by atoms with Gasteiger partial charge in [0, 0.05) is 5.02 Å². The van der Waals surface area contributed by atoms with Gasteiger partial charge in [-0.2, -0.15) is 0 Å². The van der Waals surface area contributed by atoms with Crippen molar-refractivity contribution in [2.45, 2.75) is 21.0 Å². The lowest BCUT2D eigenvalue weighted by molar-refractivity contribution is -0.123. The number of alkyl halides is 4. The number of fused-ring (bicyclic) bond motifs is 5. The molecule has 2 aliphatic carbocycles. The maximum atomic E-state index is 13.2. The summed E-state index contributed by atoms with van der Waals surface area (Å²) in [6.45, 7) is 1.74. The number of hydrogen-bond acceptors (Lipinski definition) is 2. The number of anilines is 1. The molecule has 1 heterocycles. The standard InChI is InChI=1S/C16H8Cl7NO2/c1-5-2-3-6(17)4-7(5)24-12(25)8-9(13(24)26)15(21)11(19)10(18)14(8,20)16(15,22)23/h2-4,8-9H,1H3/t8-,9-,14-,15-/m0/s1. The van der Waals surface area contributed by atoms with Crippen molar-refractivity contribution in [2.75, 3.05) is 4.90 Å². The minimum atomic E-state index is -1.94. The summed E-state index contributed by atoms with van der Waals surface area (Å²) >= 11 is 44.7. The van der Waals surface area contributed by atoms with Gasteiger partial charge in [0.1, 0.15) is 9.75 Å². The average Bonchev–Trinajstić information content (AvgIpc) is 2.95. The molecule has 26 heavy (non-hydrogen) atoms. The number of halogens is 7. The molecular formula is C16H8Cl7NO2. The number of benzene rings is 1. The van der Waals surface area contributed by atoms with E-state index in [1.54, 1.807) is 19.1 Å². The van der Waals surface area contributed by atoms with Crippen LogP contribution in [-0.2, 0) is 9.59 Å². The molecule has 2 amide bonds. The zero-order valence-electron chi connectivity index (χ0n) is 12.8. The van der Waals surface area contributed by atoms with Gasteiger partial charge in [-0.05, 0) is 24.6 Å². The van der Waals surface area contributed by atoms with Gasteiger partial charge in [-0.15, -0.1) is 23.2 Å². The van der Waals surface area contributed by atoms with E-state index in [4.69, 9.17) is 81.2 Å². The fourth-order valence-corrected chi connectivity index (χ4v) is 7.15. The fourth-order valence-electron chi connectivity index (χ4n) is 4.06. The van der Waals surface area contributed by atoms with Gasteiger partial charge < -0.3 is 0 Å². The fraction of sp³-hybridized carbons (Fsp3) is 0.375. The van der Waals surface area contributed by atoms with E-state index in [0.29, 0.717) is 16.3 Å². The second-order valence-electron chi connectivity index (χ2n) is 6.52. The summed E-state index contributed by atoms with van der Waals surface area (Å²) < 4.78 is -1.94. The number of allylic oxidation sites excluding steroid dienone is 2. The van der Waals surface area contributed by atoms with Gasteiger partial charge in [0.15, 0.2) is 4.33 Å². The molecule has 1 aromatic carbocycles. The molecule has 2 bridgehead atoms. The van der Waals surface area contributed by atoms with Gasteiger partial charge >= 0.3 is 0 Å². The zero-order chi connectivity index (χ0) is 19.4. The van der Waals surface area contributed by atoms with Crippen molar-refractivity contribution >= 4 is 98.7 Å². The Morgan fingerprint density at radius 1 is 0.885 bits per heavy atom. The van der Waals surface area contributed by atoms with Crippen LogP contribution in [0.4, 0.5) is 5.69 Å². The van der Waals surface area contributed by atoms with Crippen LogP contribution in [-0.4, -0.2) is 25.9 Å². The number of carbonyl (C=O) groups is 2. The lowest BCUT2D eigenvalue weighted by Crippen LogP contribution is -2.50. The van der Waals surface area contributed by atoms with Crippen molar-refractivity contribution in [1.29, 1.82) is 0 Å². The Kier molecular flexibility index (Phi) is 4.19. The van der Waals surface area contributed by atoms with E-state index in [9.17, 15) is 9.59 Å². The molecule has 10 heteroatoms. The smallest absolute Gasteiger partial charge is 0.240 e. The average molecular weight is 494 g/mol. The number of rotatable bonds is 1. The second-order valence-corrected chi connectivity index (χ2v) is 10.2. The molecule has 1 saturated carbocycles. The highest BCUT2D eigenvalue weighted by atomic mass is 35.5. The molecule has 2 fully saturated rings. The predicted octanol–water partition coefficient (Wildman–Crippen LogP) is 5.60. The molecule has 0 spiro atoms. The molecule has 4 rings (SSSR count). The van der Waals surface area contributed by atoms with Gasteiger partial charge in [0.05, 0.1) is 27.6 Å². The van der Waals surface area contributed by atoms with Gasteiger partial charge in [-0.25, -0.2) is 4.90 Å². The Hall–Kier alpha value is 0.130. The van der Waals surface area contributed by atoms with E-state index >= 15 is 0 Å². The first-order valence-corrected chi connectivity index (χ1v) is 10.0. The number of amides is 2. The molecule has 0 radical (unpaired) electrons. The Balaban J connectivity index is 1.94. The summed E-state index contributed by atoms with van der Waals surface area (Å²) in [6.07, 6.45) is 0. The Morgan fingerprint density at radius 3 is 1.81 bits per heavy atom. The van der Waals surface area contributed by atoms with Crippen LogP contribution in [0.1, 0.15) is 5.56 Å². The van der Waals surface area contributed by atoms with Gasteiger partial charge in [0.2, 0.25) is 11.8 Å². The largest absolute Gasteiger partial charge is 0.274 e. The van der Waals surface area contributed by atoms with E-state index in [0.717, 1.165) is 4.90 Å². The normalized spacial score (nSPS) is 37.8. The summed E-state index contributed by atoms with van der Waals surface area (Å²) in [5.74, 6) is -3.51. The van der Waals surface area contributed by atoms with Crippen LogP contribution in [0.5, 0.6) is 0 Å². The number of imide groups is 1. The summed E-state index contributed by atoms with van der Waals surface area (Å²) in [6, 6.07) is 4.86. The van der Waals surface area contributed by atoms with Crippen molar-refractivity contribution < 1.29 is 9.59 Å².